The van der Waals surface area contributed by atoms with Crippen molar-refractivity contribution in [2.45, 2.75) is 0 Å². The van der Waals surface area contributed by atoms with Gasteiger partial charge in [0.05, 0.1) is 5.69 Å². The zero-order chi connectivity index (χ0) is 16.9. The van der Waals surface area contributed by atoms with E-state index in [1.807, 2.05) is 35.7 Å². The first-order valence-corrected chi connectivity index (χ1v) is 8.29. The molecule has 0 aliphatic rings. The maximum Gasteiger partial charge on any atom is 0.257 e. The molecule has 24 heavy (non-hydrogen) atoms. The molecular formula is C17H12FN3OS2. The van der Waals surface area contributed by atoms with E-state index in [2.05, 4.69) is 15.6 Å². The molecule has 7 heteroatoms. The van der Waals surface area contributed by atoms with Crippen molar-refractivity contribution in [1.82, 2.24) is 10.3 Å². The highest BCUT2D eigenvalue weighted by atomic mass is 32.1. The quantitative estimate of drug-likeness (QED) is 0.694. The highest BCUT2D eigenvalue weighted by molar-refractivity contribution is 7.80. The zero-order valence-electron chi connectivity index (χ0n) is 12.3. The molecule has 0 unspecified atom stereocenters. The Morgan fingerprint density at radius 3 is 2.50 bits per heavy atom. The Morgan fingerprint density at radius 1 is 1.08 bits per heavy atom. The number of benzene rings is 2. The second-order valence-electron chi connectivity index (χ2n) is 4.82. The number of thiazole rings is 1. The monoisotopic (exact) mass is 357 g/mol. The number of hydrogen-bond donors (Lipinski definition) is 2. The Morgan fingerprint density at radius 2 is 1.79 bits per heavy atom. The third-order valence-corrected chi connectivity index (χ3v) is 4.09. The van der Waals surface area contributed by atoms with Crippen molar-refractivity contribution in [3.05, 3.63) is 71.4 Å². The molecule has 0 aliphatic carbocycles. The van der Waals surface area contributed by atoms with E-state index >= 15 is 0 Å². The van der Waals surface area contributed by atoms with Crippen LogP contribution < -0.4 is 10.6 Å². The fourth-order valence-corrected chi connectivity index (χ4v) is 2.96. The summed E-state index contributed by atoms with van der Waals surface area (Å²) < 4.78 is 12.9. The fourth-order valence-electron chi connectivity index (χ4n) is 1.98. The SMILES string of the molecule is O=C(NC(=S)Nc1nc(-c2ccccc2)cs1)c1ccc(F)cc1. The molecule has 0 atom stereocenters. The molecule has 0 fully saturated rings. The lowest BCUT2D eigenvalue weighted by Crippen LogP contribution is -2.34. The summed E-state index contributed by atoms with van der Waals surface area (Å²) in [6, 6.07) is 15.0. The predicted octanol–water partition coefficient (Wildman–Crippen LogP) is 4.08. The van der Waals surface area contributed by atoms with E-state index in [0.29, 0.717) is 10.7 Å². The van der Waals surface area contributed by atoms with Gasteiger partial charge in [0.15, 0.2) is 10.2 Å². The summed E-state index contributed by atoms with van der Waals surface area (Å²) in [6.45, 7) is 0. The summed E-state index contributed by atoms with van der Waals surface area (Å²) in [5, 5.41) is 8.04. The van der Waals surface area contributed by atoms with Gasteiger partial charge in [0.25, 0.3) is 5.91 Å². The summed E-state index contributed by atoms with van der Waals surface area (Å²) >= 11 is 6.50. The van der Waals surface area contributed by atoms with Crippen LogP contribution in [0.15, 0.2) is 60.0 Å². The first kappa shape index (κ1) is 16.2. The van der Waals surface area contributed by atoms with E-state index in [4.69, 9.17) is 12.2 Å². The number of halogens is 1. The standard InChI is InChI=1S/C17H12FN3OS2/c18-13-8-6-12(7-9-13)15(22)20-16(23)21-17-19-14(10-24-17)11-4-2-1-3-5-11/h1-10H,(H2,19,20,21,22,23). The topological polar surface area (TPSA) is 54.0 Å². The highest BCUT2D eigenvalue weighted by Crippen LogP contribution is 2.24. The van der Waals surface area contributed by atoms with Crippen molar-refractivity contribution >= 4 is 39.7 Å². The molecule has 3 aromatic rings. The lowest BCUT2D eigenvalue weighted by Gasteiger charge is -2.07. The van der Waals surface area contributed by atoms with E-state index in [0.717, 1.165) is 11.3 Å². The molecule has 3 rings (SSSR count). The van der Waals surface area contributed by atoms with Crippen LogP contribution >= 0.6 is 23.6 Å². The van der Waals surface area contributed by atoms with Gasteiger partial charge in [0.1, 0.15) is 5.82 Å². The minimum Gasteiger partial charge on any atom is -0.308 e. The number of carbonyl (C=O) groups excluding carboxylic acids is 1. The van der Waals surface area contributed by atoms with Crippen LogP contribution in [0.2, 0.25) is 0 Å². The fraction of sp³-hybridized carbons (Fsp3) is 0. The molecule has 0 radical (unpaired) electrons. The number of amides is 1. The molecule has 1 amide bonds. The van der Waals surface area contributed by atoms with Crippen LogP contribution in [0.5, 0.6) is 0 Å². The Balaban J connectivity index is 1.62. The summed E-state index contributed by atoms with van der Waals surface area (Å²) in [5.41, 5.74) is 2.16. The number of carbonyl (C=O) groups is 1. The van der Waals surface area contributed by atoms with Crippen molar-refractivity contribution < 1.29 is 9.18 Å². The minimum atomic E-state index is -0.410. The van der Waals surface area contributed by atoms with E-state index in [9.17, 15) is 9.18 Å². The Hall–Kier alpha value is -2.64. The molecule has 2 N–H and O–H groups in total. The first-order valence-electron chi connectivity index (χ1n) is 7.00. The Bertz CT molecular complexity index is 863. The molecule has 1 heterocycles. The van der Waals surface area contributed by atoms with E-state index in [-0.39, 0.29) is 5.11 Å². The molecular weight excluding hydrogens is 345 g/mol. The summed E-state index contributed by atoms with van der Waals surface area (Å²) in [5.74, 6) is -0.809. The summed E-state index contributed by atoms with van der Waals surface area (Å²) in [6.07, 6.45) is 0. The van der Waals surface area contributed by atoms with Crippen molar-refractivity contribution in [3.63, 3.8) is 0 Å². The third kappa shape index (κ3) is 4.01. The molecule has 0 spiro atoms. The molecule has 2 aromatic carbocycles. The van der Waals surface area contributed by atoms with Crippen LogP contribution in [-0.4, -0.2) is 16.0 Å². The average molecular weight is 357 g/mol. The van der Waals surface area contributed by atoms with Gasteiger partial charge in [-0.25, -0.2) is 9.37 Å². The van der Waals surface area contributed by atoms with Crippen molar-refractivity contribution in [2.75, 3.05) is 5.32 Å². The van der Waals surface area contributed by atoms with Gasteiger partial charge < -0.3 is 5.32 Å². The van der Waals surface area contributed by atoms with Gasteiger partial charge in [-0.3, -0.25) is 10.1 Å². The smallest absolute Gasteiger partial charge is 0.257 e. The van der Waals surface area contributed by atoms with E-state index in [1.165, 1.54) is 35.6 Å². The molecule has 0 bridgehead atoms. The number of anilines is 1. The van der Waals surface area contributed by atoms with Crippen LogP contribution in [0.1, 0.15) is 10.4 Å². The van der Waals surface area contributed by atoms with Gasteiger partial charge in [-0.15, -0.1) is 11.3 Å². The van der Waals surface area contributed by atoms with E-state index < -0.39 is 11.7 Å². The van der Waals surface area contributed by atoms with Crippen LogP contribution in [0, 0.1) is 5.82 Å². The molecule has 0 saturated heterocycles. The number of nitrogens with one attached hydrogen (secondary N) is 2. The van der Waals surface area contributed by atoms with Crippen LogP contribution in [-0.2, 0) is 0 Å². The normalized spacial score (nSPS) is 10.2. The minimum absolute atomic E-state index is 0.137. The Labute approximate surface area is 147 Å². The van der Waals surface area contributed by atoms with Gasteiger partial charge in [-0.05, 0) is 36.5 Å². The van der Waals surface area contributed by atoms with Gasteiger partial charge >= 0.3 is 0 Å². The molecule has 120 valence electrons. The number of hydrogen-bond acceptors (Lipinski definition) is 4. The number of nitrogens with zero attached hydrogens (tertiary/aromatic N) is 1. The van der Waals surface area contributed by atoms with Crippen molar-refractivity contribution in [2.24, 2.45) is 0 Å². The predicted molar refractivity (Wildman–Crippen MR) is 97.6 cm³/mol. The second-order valence-corrected chi connectivity index (χ2v) is 6.09. The molecule has 0 saturated carbocycles. The van der Waals surface area contributed by atoms with Crippen molar-refractivity contribution in [1.29, 1.82) is 0 Å². The summed E-state index contributed by atoms with van der Waals surface area (Å²) in [7, 11) is 0. The van der Waals surface area contributed by atoms with Crippen LogP contribution in [0.3, 0.4) is 0 Å². The third-order valence-electron chi connectivity index (χ3n) is 3.13. The average Bonchev–Trinajstić information content (AvgIpc) is 3.04. The number of aromatic nitrogens is 1. The second kappa shape index (κ2) is 7.29. The molecule has 1 aromatic heterocycles. The molecule has 4 nitrogen and oxygen atoms in total. The highest BCUT2D eigenvalue weighted by Gasteiger charge is 2.10. The first-order chi connectivity index (χ1) is 11.6. The maximum absolute atomic E-state index is 12.9. The maximum atomic E-state index is 12.9. The van der Waals surface area contributed by atoms with E-state index in [1.54, 1.807) is 0 Å². The summed E-state index contributed by atoms with van der Waals surface area (Å²) in [4.78, 5) is 16.4. The van der Waals surface area contributed by atoms with Gasteiger partial charge in [-0.1, -0.05) is 30.3 Å². The lowest BCUT2D eigenvalue weighted by molar-refractivity contribution is 0.0977. The molecule has 0 aliphatic heterocycles. The lowest BCUT2D eigenvalue weighted by atomic mass is 10.2. The van der Waals surface area contributed by atoms with Crippen LogP contribution in [0.25, 0.3) is 11.3 Å². The van der Waals surface area contributed by atoms with Gasteiger partial charge in [-0.2, -0.15) is 0 Å². The van der Waals surface area contributed by atoms with Crippen LogP contribution in [0.4, 0.5) is 9.52 Å². The van der Waals surface area contributed by atoms with Gasteiger partial charge in [0, 0.05) is 16.5 Å². The van der Waals surface area contributed by atoms with Gasteiger partial charge in [0.2, 0.25) is 0 Å². The Kier molecular flexibility index (Phi) is 4.93. The number of thiocarbonyl (C=S) groups is 1. The zero-order valence-corrected chi connectivity index (χ0v) is 14.0. The largest absolute Gasteiger partial charge is 0.308 e. The number of rotatable bonds is 3. The van der Waals surface area contributed by atoms with Crippen molar-refractivity contribution in [3.8, 4) is 11.3 Å².